The summed E-state index contributed by atoms with van der Waals surface area (Å²) in [5.41, 5.74) is 8.55. The number of hydrazone groups is 1. The van der Waals surface area contributed by atoms with Crippen molar-refractivity contribution in [1.29, 1.82) is 0 Å². The molecular weight excluding hydrogens is 202 g/mol. The molecule has 2 amide bonds. The normalized spacial score (nSPS) is 15.1. The van der Waals surface area contributed by atoms with Crippen molar-refractivity contribution in [3.8, 4) is 0 Å². The predicted octanol–water partition coefficient (Wildman–Crippen LogP) is 1.74. The Hall–Kier alpha value is -1.84. The van der Waals surface area contributed by atoms with Gasteiger partial charge in [-0.1, -0.05) is 31.2 Å². The van der Waals surface area contributed by atoms with Gasteiger partial charge in [-0.05, 0) is 18.4 Å². The summed E-state index contributed by atoms with van der Waals surface area (Å²) in [7, 11) is 0. The first-order valence-electron chi connectivity index (χ1n) is 5.45. The van der Waals surface area contributed by atoms with E-state index < -0.39 is 6.03 Å². The van der Waals surface area contributed by atoms with E-state index in [-0.39, 0.29) is 0 Å². The van der Waals surface area contributed by atoms with Crippen molar-refractivity contribution < 1.29 is 4.79 Å². The van der Waals surface area contributed by atoms with E-state index in [1.165, 1.54) is 10.6 Å². The Morgan fingerprint density at radius 1 is 1.50 bits per heavy atom. The van der Waals surface area contributed by atoms with E-state index in [9.17, 15) is 4.79 Å². The van der Waals surface area contributed by atoms with Gasteiger partial charge < -0.3 is 5.73 Å². The van der Waals surface area contributed by atoms with Crippen molar-refractivity contribution in [2.45, 2.75) is 19.8 Å². The first-order valence-corrected chi connectivity index (χ1v) is 5.45. The lowest BCUT2D eigenvalue weighted by molar-refractivity contribution is 0.211. The number of hydrogen-bond acceptors (Lipinski definition) is 2. The zero-order valence-electron chi connectivity index (χ0n) is 9.31. The summed E-state index contributed by atoms with van der Waals surface area (Å²) < 4.78 is 0. The first-order chi connectivity index (χ1) is 7.72. The summed E-state index contributed by atoms with van der Waals surface area (Å²) in [6.45, 7) is 2.58. The minimum Gasteiger partial charge on any atom is -0.350 e. The van der Waals surface area contributed by atoms with Gasteiger partial charge in [-0.15, -0.1) is 0 Å². The third-order valence-corrected chi connectivity index (χ3v) is 2.75. The largest absolute Gasteiger partial charge is 0.350 e. The first kappa shape index (κ1) is 10.7. The van der Waals surface area contributed by atoms with Crippen LogP contribution in [0.3, 0.4) is 0 Å². The fourth-order valence-corrected chi connectivity index (χ4v) is 1.92. The molecule has 0 radical (unpaired) electrons. The number of carbonyl (C=O) groups is 1. The average molecular weight is 217 g/mol. The van der Waals surface area contributed by atoms with Crippen LogP contribution in [0.4, 0.5) is 4.79 Å². The molecule has 84 valence electrons. The lowest BCUT2D eigenvalue weighted by Gasteiger charge is -2.12. The van der Waals surface area contributed by atoms with Gasteiger partial charge in [0.15, 0.2) is 0 Å². The molecule has 0 unspecified atom stereocenters. The van der Waals surface area contributed by atoms with Crippen LogP contribution < -0.4 is 5.73 Å². The molecule has 0 fully saturated rings. The highest BCUT2D eigenvalue weighted by Gasteiger charge is 2.17. The number of amides is 2. The molecule has 1 aliphatic heterocycles. The Bertz CT molecular complexity index is 440. The van der Waals surface area contributed by atoms with Crippen LogP contribution in [-0.4, -0.2) is 23.3 Å². The molecule has 0 bridgehead atoms. The maximum atomic E-state index is 11.2. The Balaban J connectivity index is 2.44. The number of benzene rings is 1. The molecule has 0 atom stereocenters. The van der Waals surface area contributed by atoms with Gasteiger partial charge in [-0.2, -0.15) is 5.10 Å². The van der Waals surface area contributed by atoms with Crippen molar-refractivity contribution in [2.75, 3.05) is 6.54 Å². The van der Waals surface area contributed by atoms with Gasteiger partial charge in [0.2, 0.25) is 0 Å². The van der Waals surface area contributed by atoms with Gasteiger partial charge in [0.25, 0.3) is 0 Å². The second kappa shape index (κ2) is 4.35. The minimum atomic E-state index is -0.487. The summed E-state index contributed by atoms with van der Waals surface area (Å²) >= 11 is 0. The van der Waals surface area contributed by atoms with E-state index >= 15 is 0 Å². The Labute approximate surface area is 94.7 Å². The number of urea groups is 1. The molecule has 4 heteroatoms. The number of primary amides is 1. The Kier molecular flexibility index (Phi) is 2.90. The molecule has 0 aromatic heterocycles. The molecule has 16 heavy (non-hydrogen) atoms. The van der Waals surface area contributed by atoms with Crippen LogP contribution in [-0.2, 0) is 6.42 Å². The highest BCUT2D eigenvalue weighted by Crippen LogP contribution is 2.17. The van der Waals surface area contributed by atoms with Crippen LogP contribution in [0.5, 0.6) is 0 Å². The molecular formula is C12H15N3O. The monoisotopic (exact) mass is 217 g/mol. The zero-order chi connectivity index (χ0) is 11.5. The second-order valence-corrected chi connectivity index (χ2v) is 3.77. The fourth-order valence-electron chi connectivity index (χ4n) is 1.92. The number of nitrogens with zero attached hydrogens (tertiary/aromatic N) is 2. The number of carbonyl (C=O) groups excluding carboxylic acids is 1. The minimum absolute atomic E-state index is 0.487. The number of fused-ring (bicyclic) bond motifs is 1. The van der Waals surface area contributed by atoms with Crippen LogP contribution in [0, 0.1) is 0 Å². The quantitative estimate of drug-likeness (QED) is 0.765. The molecule has 1 aromatic carbocycles. The molecule has 1 aliphatic rings. The van der Waals surface area contributed by atoms with Gasteiger partial charge in [0.1, 0.15) is 0 Å². The topological polar surface area (TPSA) is 58.7 Å². The second-order valence-electron chi connectivity index (χ2n) is 3.77. The smallest absolute Gasteiger partial charge is 0.335 e. The SMILES string of the molecule is CCC1=NN(C(N)=O)CCc2ccccc21. The van der Waals surface area contributed by atoms with Gasteiger partial charge in [0, 0.05) is 5.56 Å². The molecule has 2 N–H and O–H groups in total. The maximum absolute atomic E-state index is 11.2. The van der Waals surface area contributed by atoms with Crippen LogP contribution in [0.1, 0.15) is 24.5 Å². The van der Waals surface area contributed by atoms with Crippen molar-refractivity contribution in [3.05, 3.63) is 35.4 Å². The lowest BCUT2D eigenvalue weighted by atomic mass is 10.00. The van der Waals surface area contributed by atoms with E-state index in [2.05, 4.69) is 11.2 Å². The van der Waals surface area contributed by atoms with E-state index in [0.29, 0.717) is 6.54 Å². The highest BCUT2D eigenvalue weighted by atomic mass is 16.2. The molecule has 0 saturated heterocycles. The van der Waals surface area contributed by atoms with Gasteiger partial charge >= 0.3 is 6.03 Å². The fraction of sp³-hybridized carbons (Fsp3) is 0.333. The Morgan fingerprint density at radius 3 is 2.94 bits per heavy atom. The van der Waals surface area contributed by atoms with Crippen LogP contribution in [0.25, 0.3) is 0 Å². The van der Waals surface area contributed by atoms with Crippen LogP contribution in [0.15, 0.2) is 29.4 Å². The van der Waals surface area contributed by atoms with Crippen molar-refractivity contribution in [2.24, 2.45) is 10.8 Å². The van der Waals surface area contributed by atoms with Crippen molar-refractivity contribution in [1.82, 2.24) is 5.01 Å². The third kappa shape index (κ3) is 1.91. The molecule has 1 heterocycles. The van der Waals surface area contributed by atoms with Gasteiger partial charge in [-0.3, -0.25) is 0 Å². The number of hydrogen-bond donors (Lipinski definition) is 1. The summed E-state index contributed by atoms with van der Waals surface area (Å²) in [5, 5.41) is 5.66. The molecule has 0 aliphatic carbocycles. The summed E-state index contributed by atoms with van der Waals surface area (Å²) in [6, 6.07) is 7.63. The van der Waals surface area contributed by atoms with E-state index in [1.807, 2.05) is 25.1 Å². The summed E-state index contributed by atoms with van der Waals surface area (Å²) in [4.78, 5) is 11.2. The number of rotatable bonds is 1. The van der Waals surface area contributed by atoms with E-state index in [0.717, 1.165) is 24.1 Å². The third-order valence-electron chi connectivity index (χ3n) is 2.75. The molecule has 0 saturated carbocycles. The standard InChI is InChI=1S/C12H15N3O/c1-2-11-10-6-4-3-5-9(10)7-8-15(14-11)12(13)16/h3-6H,2,7-8H2,1H3,(H2,13,16). The van der Waals surface area contributed by atoms with E-state index in [4.69, 9.17) is 5.73 Å². The van der Waals surface area contributed by atoms with Gasteiger partial charge in [0.05, 0.1) is 12.3 Å². The Morgan fingerprint density at radius 2 is 2.25 bits per heavy atom. The highest BCUT2D eigenvalue weighted by molar-refractivity contribution is 6.02. The zero-order valence-corrected chi connectivity index (χ0v) is 9.31. The molecule has 4 nitrogen and oxygen atoms in total. The molecule has 1 aromatic rings. The predicted molar refractivity (Wildman–Crippen MR) is 63.3 cm³/mol. The summed E-state index contributed by atoms with van der Waals surface area (Å²) in [5.74, 6) is 0. The van der Waals surface area contributed by atoms with Crippen LogP contribution >= 0.6 is 0 Å². The lowest BCUT2D eigenvalue weighted by Crippen LogP contribution is -2.32. The summed E-state index contributed by atoms with van der Waals surface area (Å²) in [6.07, 6.45) is 1.59. The number of nitrogens with two attached hydrogens (primary N) is 1. The van der Waals surface area contributed by atoms with Gasteiger partial charge in [-0.25, -0.2) is 9.80 Å². The van der Waals surface area contributed by atoms with Crippen LogP contribution in [0.2, 0.25) is 0 Å². The van der Waals surface area contributed by atoms with E-state index in [1.54, 1.807) is 0 Å². The van der Waals surface area contributed by atoms with Crippen molar-refractivity contribution >= 4 is 11.7 Å². The van der Waals surface area contributed by atoms with Crippen molar-refractivity contribution in [3.63, 3.8) is 0 Å². The average Bonchev–Trinajstić information content (AvgIpc) is 2.48. The maximum Gasteiger partial charge on any atom is 0.335 e. The molecule has 0 spiro atoms. The molecule has 2 rings (SSSR count).